The van der Waals surface area contributed by atoms with Crippen LogP contribution in [0.3, 0.4) is 0 Å². The van der Waals surface area contributed by atoms with Gasteiger partial charge in [0.15, 0.2) is 6.61 Å². The van der Waals surface area contributed by atoms with E-state index in [0.717, 1.165) is 25.9 Å². The van der Waals surface area contributed by atoms with Crippen molar-refractivity contribution in [3.63, 3.8) is 0 Å². The van der Waals surface area contributed by atoms with Gasteiger partial charge in [0.05, 0.1) is 12.2 Å². The monoisotopic (exact) mass is 335 g/mol. The van der Waals surface area contributed by atoms with E-state index in [-0.39, 0.29) is 17.9 Å². The summed E-state index contributed by atoms with van der Waals surface area (Å²) in [5.74, 6) is -0.469. The second-order valence-corrected chi connectivity index (χ2v) is 6.12. The van der Waals surface area contributed by atoms with E-state index in [0.29, 0.717) is 24.5 Å². The molecule has 1 heterocycles. The number of ether oxygens (including phenoxy) is 2. The van der Waals surface area contributed by atoms with E-state index >= 15 is 0 Å². The summed E-state index contributed by atoms with van der Waals surface area (Å²) >= 11 is 0. The predicted molar refractivity (Wildman–Crippen MR) is 89.9 cm³/mol. The molecule has 24 heavy (non-hydrogen) atoms. The number of rotatable bonds is 8. The molecular weight excluding hydrogens is 310 g/mol. The van der Waals surface area contributed by atoms with E-state index in [9.17, 15) is 9.59 Å². The fourth-order valence-electron chi connectivity index (χ4n) is 2.93. The zero-order valence-electron chi connectivity index (χ0n) is 14.0. The Bertz CT molecular complexity index is 565. The van der Waals surface area contributed by atoms with Gasteiger partial charge in [0.25, 0.3) is 11.8 Å². The number of primary amides is 1. The van der Waals surface area contributed by atoms with Crippen LogP contribution in [0.5, 0.6) is 5.75 Å². The maximum absolute atomic E-state index is 12.5. The fraction of sp³-hybridized carbons (Fsp3) is 0.529. The summed E-state index contributed by atoms with van der Waals surface area (Å²) in [5, 5.41) is 6.30. The van der Waals surface area contributed by atoms with Gasteiger partial charge in [-0.25, -0.2) is 0 Å². The van der Waals surface area contributed by atoms with E-state index in [2.05, 4.69) is 10.6 Å². The summed E-state index contributed by atoms with van der Waals surface area (Å²) in [7, 11) is 1.68. The van der Waals surface area contributed by atoms with Gasteiger partial charge in [-0.3, -0.25) is 9.59 Å². The molecule has 4 N–H and O–H groups in total. The Hall–Kier alpha value is -2.12. The van der Waals surface area contributed by atoms with Crippen LogP contribution in [0.1, 0.15) is 23.2 Å². The number of benzene rings is 1. The van der Waals surface area contributed by atoms with Gasteiger partial charge in [-0.15, -0.1) is 0 Å². The van der Waals surface area contributed by atoms with E-state index in [1.165, 1.54) is 0 Å². The molecule has 0 saturated carbocycles. The molecule has 0 atom stereocenters. The van der Waals surface area contributed by atoms with Crippen LogP contribution in [0.4, 0.5) is 0 Å². The summed E-state index contributed by atoms with van der Waals surface area (Å²) in [6.07, 6.45) is 1.89. The average Bonchev–Trinajstić information content (AvgIpc) is 2.59. The second kappa shape index (κ2) is 8.65. The Morgan fingerprint density at radius 2 is 2.00 bits per heavy atom. The minimum absolute atomic E-state index is 0.0569. The van der Waals surface area contributed by atoms with Gasteiger partial charge in [0.2, 0.25) is 0 Å². The highest BCUT2D eigenvalue weighted by atomic mass is 16.5. The van der Waals surface area contributed by atoms with Crippen LogP contribution in [-0.2, 0) is 9.53 Å². The molecule has 7 heteroatoms. The third kappa shape index (κ3) is 4.94. The number of hydrogen-bond acceptors (Lipinski definition) is 5. The molecule has 1 aromatic carbocycles. The first-order valence-electron chi connectivity index (χ1n) is 8.04. The molecule has 0 aliphatic carbocycles. The van der Waals surface area contributed by atoms with E-state index in [1.54, 1.807) is 31.4 Å². The Morgan fingerprint density at radius 3 is 2.67 bits per heavy atom. The molecule has 0 radical (unpaired) electrons. The van der Waals surface area contributed by atoms with Crippen LogP contribution in [0.25, 0.3) is 0 Å². The maximum atomic E-state index is 12.5. The first kappa shape index (κ1) is 18.2. The lowest BCUT2D eigenvalue weighted by Crippen LogP contribution is -2.47. The molecule has 2 rings (SSSR count). The molecular formula is C17H25N3O4. The lowest BCUT2D eigenvalue weighted by molar-refractivity contribution is -0.119. The van der Waals surface area contributed by atoms with Gasteiger partial charge < -0.3 is 25.8 Å². The number of carbonyl (C=O) groups is 2. The van der Waals surface area contributed by atoms with E-state index < -0.39 is 5.91 Å². The third-order valence-electron chi connectivity index (χ3n) is 4.24. The number of methoxy groups -OCH3 is 1. The molecule has 2 amide bonds. The van der Waals surface area contributed by atoms with Crippen molar-refractivity contribution in [1.82, 2.24) is 10.6 Å². The van der Waals surface area contributed by atoms with Crippen LogP contribution >= 0.6 is 0 Å². The lowest BCUT2D eigenvalue weighted by Gasteiger charge is -2.37. The predicted octanol–water partition coefficient (Wildman–Crippen LogP) is 0.297. The summed E-state index contributed by atoms with van der Waals surface area (Å²) in [4.78, 5) is 23.4. The second-order valence-electron chi connectivity index (χ2n) is 6.12. The van der Waals surface area contributed by atoms with Crippen molar-refractivity contribution in [1.29, 1.82) is 0 Å². The Kier molecular flexibility index (Phi) is 6.57. The molecule has 1 aromatic rings. The quantitative estimate of drug-likeness (QED) is 0.634. The van der Waals surface area contributed by atoms with Crippen molar-refractivity contribution in [2.45, 2.75) is 12.8 Å². The van der Waals surface area contributed by atoms with Crippen molar-refractivity contribution in [2.75, 3.05) is 40.0 Å². The third-order valence-corrected chi connectivity index (χ3v) is 4.24. The molecule has 1 saturated heterocycles. The Labute approximate surface area is 141 Å². The Balaban J connectivity index is 2.02. The molecule has 7 nitrogen and oxygen atoms in total. The maximum Gasteiger partial charge on any atom is 0.255 e. The average molecular weight is 335 g/mol. The first-order valence-corrected chi connectivity index (χ1v) is 8.04. The van der Waals surface area contributed by atoms with Crippen LogP contribution in [0.15, 0.2) is 24.3 Å². The summed E-state index contributed by atoms with van der Waals surface area (Å²) in [6, 6.07) is 6.80. The number of nitrogens with one attached hydrogen (secondary N) is 2. The Morgan fingerprint density at radius 1 is 1.29 bits per heavy atom. The normalized spacial score (nSPS) is 16.4. The zero-order valence-corrected chi connectivity index (χ0v) is 14.0. The van der Waals surface area contributed by atoms with E-state index in [4.69, 9.17) is 15.2 Å². The largest absolute Gasteiger partial charge is 0.483 e. The van der Waals surface area contributed by atoms with Crippen molar-refractivity contribution in [2.24, 2.45) is 11.1 Å². The molecule has 0 spiro atoms. The van der Waals surface area contributed by atoms with Crippen LogP contribution in [-0.4, -0.2) is 51.8 Å². The van der Waals surface area contributed by atoms with Crippen molar-refractivity contribution in [3.05, 3.63) is 29.8 Å². The van der Waals surface area contributed by atoms with E-state index in [1.807, 2.05) is 0 Å². The smallest absolute Gasteiger partial charge is 0.255 e. The van der Waals surface area contributed by atoms with Crippen LogP contribution in [0.2, 0.25) is 0 Å². The minimum Gasteiger partial charge on any atom is -0.483 e. The van der Waals surface area contributed by atoms with Gasteiger partial charge in [0, 0.05) is 19.1 Å². The first-order chi connectivity index (χ1) is 11.6. The van der Waals surface area contributed by atoms with Crippen molar-refractivity contribution in [3.8, 4) is 5.75 Å². The summed E-state index contributed by atoms with van der Waals surface area (Å²) in [6.45, 7) is 2.71. The lowest BCUT2D eigenvalue weighted by atomic mass is 9.79. The van der Waals surface area contributed by atoms with Gasteiger partial charge >= 0.3 is 0 Å². The topological polar surface area (TPSA) is 103 Å². The van der Waals surface area contributed by atoms with Gasteiger partial charge in [-0.05, 0) is 38.1 Å². The van der Waals surface area contributed by atoms with Gasteiger partial charge in [-0.2, -0.15) is 0 Å². The van der Waals surface area contributed by atoms with Crippen molar-refractivity contribution >= 4 is 11.8 Å². The number of hydrogen-bond donors (Lipinski definition) is 3. The SMILES string of the molecule is COCC1(CNC(=O)c2ccccc2OCC(N)=O)CCNCC1. The molecule has 1 aliphatic heterocycles. The molecule has 1 aliphatic rings. The molecule has 1 fully saturated rings. The van der Waals surface area contributed by atoms with Gasteiger partial charge in [0.1, 0.15) is 5.75 Å². The fourth-order valence-corrected chi connectivity index (χ4v) is 2.93. The summed E-state index contributed by atoms with van der Waals surface area (Å²) < 4.78 is 10.7. The number of para-hydroxylation sites is 1. The highest BCUT2D eigenvalue weighted by Gasteiger charge is 2.32. The number of carbonyl (C=O) groups excluding carboxylic acids is 2. The highest BCUT2D eigenvalue weighted by molar-refractivity contribution is 5.97. The van der Waals surface area contributed by atoms with Crippen LogP contribution in [0, 0.1) is 5.41 Å². The molecule has 132 valence electrons. The molecule has 0 bridgehead atoms. The van der Waals surface area contributed by atoms with Crippen LogP contribution < -0.4 is 21.1 Å². The molecule has 0 aromatic heterocycles. The molecule has 0 unspecified atom stereocenters. The summed E-state index contributed by atoms with van der Waals surface area (Å²) in [5.41, 5.74) is 5.42. The van der Waals surface area contributed by atoms with Crippen molar-refractivity contribution < 1.29 is 19.1 Å². The number of amides is 2. The van der Waals surface area contributed by atoms with Gasteiger partial charge in [-0.1, -0.05) is 12.1 Å². The highest BCUT2D eigenvalue weighted by Crippen LogP contribution is 2.28. The zero-order chi connectivity index (χ0) is 17.4. The standard InChI is InChI=1S/C17H25N3O4/c1-23-12-17(6-8-19-9-7-17)11-20-16(22)13-4-2-3-5-14(13)24-10-15(18)21/h2-5,19H,6-12H2,1H3,(H2,18,21)(H,20,22). The number of piperidine rings is 1. The minimum atomic E-state index is -0.584. The number of nitrogens with two attached hydrogens (primary N) is 1.